The molecule has 0 heterocycles. The molecule has 0 saturated heterocycles. The van der Waals surface area contributed by atoms with E-state index in [4.69, 9.17) is 16.7 Å². The van der Waals surface area contributed by atoms with E-state index in [2.05, 4.69) is 0 Å². The van der Waals surface area contributed by atoms with Gasteiger partial charge in [-0.25, -0.2) is 0 Å². The molecule has 0 radical (unpaired) electrons. The van der Waals surface area contributed by atoms with Crippen LogP contribution in [0.15, 0.2) is 117 Å². The number of aliphatic hydroxyl groups is 2. The van der Waals surface area contributed by atoms with Gasteiger partial charge in [-0.15, -0.1) is 0 Å². The Morgan fingerprint density at radius 2 is 0.615 bits per heavy atom. The van der Waals surface area contributed by atoms with Gasteiger partial charge in [0.15, 0.2) is 0 Å². The summed E-state index contributed by atoms with van der Waals surface area (Å²) in [5.41, 5.74) is 2.82. The normalized spacial score (nSPS) is 15.1. The Balaban J connectivity index is 1.70. The van der Waals surface area contributed by atoms with Crippen molar-refractivity contribution in [2.75, 3.05) is 13.2 Å². The standard InChI is InChI=1S/C34H38O14S4/c1-23-5-13-27(14-6-23)49(37,38)45-21-31(47-51(41,42)29-17-9-25(3)10-18-29)33(35)34(36)32(48-52(43,44)30-19-11-26(4)12-20-30)22-46-50(39,40)28-15-7-24(2)8-16-28/h5-20,31-36H,21-22H2,1-4H3/t31-,32-,33-,34+/m1/s1. The van der Waals surface area contributed by atoms with Crippen molar-refractivity contribution >= 4 is 40.5 Å². The molecule has 0 saturated carbocycles. The minimum absolute atomic E-state index is 0.326. The maximum Gasteiger partial charge on any atom is 0.297 e. The molecule has 0 bridgehead atoms. The van der Waals surface area contributed by atoms with Crippen molar-refractivity contribution in [3.05, 3.63) is 119 Å². The van der Waals surface area contributed by atoms with Gasteiger partial charge >= 0.3 is 0 Å². The first-order valence-electron chi connectivity index (χ1n) is 15.5. The molecule has 0 aliphatic carbocycles. The average Bonchev–Trinajstić information content (AvgIpc) is 3.08. The summed E-state index contributed by atoms with van der Waals surface area (Å²) in [6.07, 6.45) is -9.50. The molecule has 0 spiro atoms. The van der Waals surface area contributed by atoms with Crippen LogP contribution in [0.3, 0.4) is 0 Å². The summed E-state index contributed by atoms with van der Waals surface area (Å²) in [5, 5.41) is 22.8. The minimum atomic E-state index is -4.81. The number of hydrogen-bond donors (Lipinski definition) is 2. The summed E-state index contributed by atoms with van der Waals surface area (Å²) in [6.45, 7) is 4.36. The van der Waals surface area contributed by atoms with Crippen molar-refractivity contribution in [2.45, 2.75) is 71.7 Å². The van der Waals surface area contributed by atoms with E-state index >= 15 is 0 Å². The predicted molar refractivity (Wildman–Crippen MR) is 187 cm³/mol. The van der Waals surface area contributed by atoms with E-state index in [0.29, 0.717) is 11.1 Å². The fraction of sp³-hybridized carbons (Fsp3) is 0.294. The number of benzene rings is 4. The van der Waals surface area contributed by atoms with E-state index in [9.17, 15) is 43.9 Å². The molecular weight excluding hydrogens is 761 g/mol. The first-order valence-corrected chi connectivity index (χ1v) is 21.1. The van der Waals surface area contributed by atoms with Crippen LogP contribution in [0.4, 0.5) is 0 Å². The number of aliphatic hydroxyl groups excluding tert-OH is 2. The average molecular weight is 799 g/mol. The van der Waals surface area contributed by atoms with Crippen molar-refractivity contribution in [3.63, 3.8) is 0 Å². The van der Waals surface area contributed by atoms with Crippen molar-refractivity contribution < 1.29 is 60.6 Å². The first-order chi connectivity index (χ1) is 24.2. The highest BCUT2D eigenvalue weighted by Gasteiger charge is 2.41. The molecule has 4 aromatic carbocycles. The molecule has 0 aliphatic heterocycles. The van der Waals surface area contributed by atoms with Crippen LogP contribution in [0.2, 0.25) is 0 Å². The molecule has 0 amide bonds. The van der Waals surface area contributed by atoms with E-state index in [1.54, 1.807) is 27.7 Å². The van der Waals surface area contributed by atoms with Crippen LogP contribution in [0.1, 0.15) is 22.3 Å². The predicted octanol–water partition coefficient (Wildman–Crippen LogP) is 3.30. The van der Waals surface area contributed by atoms with Gasteiger partial charge in [-0.1, -0.05) is 70.8 Å². The van der Waals surface area contributed by atoms with E-state index in [-0.39, 0.29) is 9.79 Å². The SMILES string of the molecule is Cc1ccc(S(=O)(=O)OC[C@@H](OS(=O)(=O)c2ccc(C)cc2)[C@H](O)[C@H](O)[C@@H](COS(=O)(=O)c2ccc(C)cc2)OS(=O)(=O)c2ccc(C)cc2)cc1. The Hall–Kier alpha value is -3.56. The summed E-state index contributed by atoms with van der Waals surface area (Å²) in [5.74, 6) is 0. The second kappa shape index (κ2) is 16.6. The molecular formula is C34H38O14S4. The zero-order valence-electron chi connectivity index (χ0n) is 28.4. The van der Waals surface area contributed by atoms with Crippen LogP contribution in [0.25, 0.3) is 0 Å². The van der Waals surface area contributed by atoms with Gasteiger partial charge in [-0.3, -0.25) is 16.7 Å². The molecule has 4 aromatic rings. The smallest absolute Gasteiger partial charge is 0.297 e. The van der Waals surface area contributed by atoms with Gasteiger partial charge in [0.05, 0.1) is 32.8 Å². The lowest BCUT2D eigenvalue weighted by Gasteiger charge is -2.30. The summed E-state index contributed by atoms with van der Waals surface area (Å²) < 4.78 is 126. The summed E-state index contributed by atoms with van der Waals surface area (Å²) >= 11 is 0. The van der Waals surface area contributed by atoms with Crippen molar-refractivity contribution in [2.24, 2.45) is 0 Å². The Morgan fingerprint density at radius 3 is 0.846 bits per heavy atom. The summed E-state index contributed by atoms with van der Waals surface area (Å²) in [6, 6.07) is 21.3. The molecule has 0 unspecified atom stereocenters. The Morgan fingerprint density at radius 1 is 0.404 bits per heavy atom. The molecule has 18 heteroatoms. The summed E-state index contributed by atoms with van der Waals surface area (Å²) in [7, 11) is -18.8. The molecule has 4 atom stereocenters. The number of aryl methyl sites for hydroxylation is 4. The molecule has 0 aliphatic rings. The quantitative estimate of drug-likeness (QED) is 0.147. The largest absolute Gasteiger partial charge is 0.387 e. The van der Waals surface area contributed by atoms with Gasteiger partial charge in [0.2, 0.25) is 0 Å². The number of rotatable bonds is 17. The molecule has 2 N–H and O–H groups in total. The third-order valence-corrected chi connectivity index (χ3v) is 12.9. The van der Waals surface area contributed by atoms with E-state index < -0.39 is 87.9 Å². The van der Waals surface area contributed by atoms with Crippen LogP contribution < -0.4 is 0 Å². The van der Waals surface area contributed by atoms with Crippen LogP contribution in [0.5, 0.6) is 0 Å². The van der Waals surface area contributed by atoms with Crippen molar-refractivity contribution in [3.8, 4) is 0 Å². The highest BCUT2D eigenvalue weighted by atomic mass is 32.2. The highest BCUT2D eigenvalue weighted by Crippen LogP contribution is 2.25. The molecule has 0 aromatic heterocycles. The minimum Gasteiger partial charge on any atom is -0.387 e. The maximum absolute atomic E-state index is 13.3. The van der Waals surface area contributed by atoms with E-state index in [0.717, 1.165) is 11.1 Å². The third-order valence-electron chi connectivity index (χ3n) is 7.63. The van der Waals surface area contributed by atoms with E-state index in [1.165, 1.54) is 97.1 Å². The van der Waals surface area contributed by atoms with Crippen molar-refractivity contribution in [1.82, 2.24) is 0 Å². The number of hydrogen-bond acceptors (Lipinski definition) is 14. The van der Waals surface area contributed by atoms with Gasteiger partial charge in [-0.2, -0.15) is 33.7 Å². The highest BCUT2D eigenvalue weighted by molar-refractivity contribution is 7.87. The maximum atomic E-state index is 13.3. The second-order valence-electron chi connectivity index (χ2n) is 11.9. The molecule has 282 valence electrons. The third kappa shape index (κ3) is 10.8. The first kappa shape index (κ1) is 41.2. The van der Waals surface area contributed by atoms with E-state index in [1.807, 2.05) is 0 Å². The fourth-order valence-corrected chi connectivity index (χ4v) is 8.50. The zero-order valence-corrected chi connectivity index (χ0v) is 31.7. The topological polar surface area (TPSA) is 214 Å². The zero-order chi connectivity index (χ0) is 38.5. The van der Waals surface area contributed by atoms with Gasteiger partial charge in [0.1, 0.15) is 24.4 Å². The Kier molecular flexibility index (Phi) is 13.2. The van der Waals surface area contributed by atoms with Crippen LogP contribution in [-0.2, 0) is 57.2 Å². The van der Waals surface area contributed by atoms with Gasteiger partial charge < -0.3 is 10.2 Å². The lowest BCUT2D eigenvalue weighted by molar-refractivity contribution is -0.103. The fourth-order valence-electron chi connectivity index (χ4n) is 4.51. The second-order valence-corrected chi connectivity index (χ2v) is 18.3. The van der Waals surface area contributed by atoms with Gasteiger partial charge in [-0.05, 0) is 76.2 Å². The Labute approximate surface area is 304 Å². The molecule has 14 nitrogen and oxygen atoms in total. The van der Waals surface area contributed by atoms with Gasteiger partial charge in [0.25, 0.3) is 40.5 Å². The molecule has 52 heavy (non-hydrogen) atoms. The van der Waals surface area contributed by atoms with Crippen LogP contribution >= 0.6 is 0 Å². The lowest BCUT2D eigenvalue weighted by Crippen LogP contribution is -2.51. The Bertz CT molecular complexity index is 2090. The molecule has 4 rings (SSSR count). The van der Waals surface area contributed by atoms with Gasteiger partial charge in [0, 0.05) is 0 Å². The summed E-state index contributed by atoms with van der Waals surface area (Å²) in [4.78, 5) is -1.47. The van der Waals surface area contributed by atoms with Crippen LogP contribution in [-0.4, -0.2) is 81.5 Å². The lowest BCUT2D eigenvalue weighted by atomic mass is 10.0. The monoisotopic (exact) mass is 798 g/mol. The molecule has 0 fully saturated rings. The van der Waals surface area contributed by atoms with Crippen LogP contribution in [0, 0.1) is 27.7 Å². The van der Waals surface area contributed by atoms with Crippen molar-refractivity contribution in [1.29, 1.82) is 0 Å².